The fourth-order valence-electron chi connectivity index (χ4n) is 4.29. The van der Waals surface area contributed by atoms with E-state index < -0.39 is 6.10 Å². The topological polar surface area (TPSA) is 119 Å². The molecule has 11 heteroatoms. The van der Waals surface area contributed by atoms with Crippen LogP contribution in [0, 0.1) is 0 Å². The standard InChI is InChI=1S/C24H26N6O4S/c1-14(31)11-30-12-17(10-25-30)23-26-18(13-34-23)19(32)8-16-9-20-22(27-21(16)15-2-3-15)28-24(35-20)29-4-6-33-7-5-29/h9-10,12-15,31H,2-8,11H2,1H3/t14-/m0/s1. The minimum absolute atomic E-state index is 0.114. The van der Waals surface area contributed by atoms with Crippen molar-refractivity contribution in [1.29, 1.82) is 0 Å². The van der Waals surface area contributed by atoms with Gasteiger partial charge in [0, 0.05) is 37.3 Å². The highest BCUT2D eigenvalue weighted by molar-refractivity contribution is 7.22. The fourth-order valence-corrected chi connectivity index (χ4v) is 5.31. The van der Waals surface area contributed by atoms with E-state index in [1.807, 2.05) is 0 Å². The van der Waals surface area contributed by atoms with Gasteiger partial charge in [0.05, 0.1) is 42.3 Å². The van der Waals surface area contributed by atoms with Crippen molar-refractivity contribution in [3.63, 3.8) is 0 Å². The molecule has 1 aliphatic heterocycles. The van der Waals surface area contributed by atoms with Crippen LogP contribution < -0.4 is 4.90 Å². The number of thiazole rings is 1. The highest BCUT2D eigenvalue weighted by Gasteiger charge is 2.30. The maximum atomic E-state index is 13.2. The molecule has 5 heterocycles. The number of hydrogen-bond donors (Lipinski definition) is 1. The molecule has 1 saturated heterocycles. The Morgan fingerprint density at radius 1 is 1.26 bits per heavy atom. The molecule has 4 aromatic heterocycles. The van der Waals surface area contributed by atoms with Gasteiger partial charge >= 0.3 is 0 Å². The highest BCUT2D eigenvalue weighted by Crippen LogP contribution is 2.42. The SMILES string of the molecule is C[C@H](O)Cn1cc(-c2nc(C(=O)Cc3cc4sc(N5CCOCC5)nc4nc3C3CC3)co2)cn1. The summed E-state index contributed by atoms with van der Waals surface area (Å²) >= 11 is 1.61. The number of morpholine rings is 1. The molecule has 35 heavy (non-hydrogen) atoms. The normalized spacial score (nSPS) is 17.3. The van der Waals surface area contributed by atoms with E-state index in [4.69, 9.17) is 19.1 Å². The molecule has 1 N–H and O–H groups in total. The number of ketones is 1. The number of nitrogens with zero attached hydrogens (tertiary/aromatic N) is 6. The van der Waals surface area contributed by atoms with Gasteiger partial charge in [-0.25, -0.2) is 9.97 Å². The average Bonchev–Trinajstić information content (AvgIpc) is 3.22. The molecule has 0 radical (unpaired) electrons. The number of carbonyl (C=O) groups is 1. The van der Waals surface area contributed by atoms with E-state index in [1.165, 1.54) is 6.26 Å². The number of Topliss-reactive ketones (excluding diaryl/α,β-unsaturated/α-hetero) is 1. The number of hydrogen-bond acceptors (Lipinski definition) is 10. The zero-order chi connectivity index (χ0) is 23.9. The zero-order valence-corrected chi connectivity index (χ0v) is 20.2. The Labute approximate surface area is 205 Å². The van der Waals surface area contributed by atoms with E-state index in [1.54, 1.807) is 35.3 Å². The summed E-state index contributed by atoms with van der Waals surface area (Å²) in [6.45, 7) is 5.13. The smallest absolute Gasteiger partial charge is 0.229 e. The van der Waals surface area contributed by atoms with Gasteiger partial charge in [0.2, 0.25) is 5.89 Å². The van der Waals surface area contributed by atoms with Crippen LogP contribution in [-0.2, 0) is 17.7 Å². The molecule has 10 nitrogen and oxygen atoms in total. The Bertz CT molecular complexity index is 1370. The van der Waals surface area contributed by atoms with Crippen molar-refractivity contribution >= 4 is 32.6 Å². The third-order valence-electron chi connectivity index (χ3n) is 6.20. The molecule has 1 atom stereocenters. The van der Waals surface area contributed by atoms with Crippen LogP contribution in [0.5, 0.6) is 0 Å². The van der Waals surface area contributed by atoms with Crippen molar-refractivity contribution < 1.29 is 19.1 Å². The number of pyridine rings is 1. The van der Waals surface area contributed by atoms with E-state index in [0.717, 1.165) is 52.7 Å². The molecule has 2 fully saturated rings. The van der Waals surface area contributed by atoms with Gasteiger partial charge < -0.3 is 19.2 Å². The van der Waals surface area contributed by atoms with Crippen LogP contribution in [0.2, 0.25) is 0 Å². The number of fused-ring (bicyclic) bond motifs is 1. The van der Waals surface area contributed by atoms with Crippen LogP contribution >= 0.6 is 11.3 Å². The maximum absolute atomic E-state index is 13.2. The summed E-state index contributed by atoms with van der Waals surface area (Å²) in [6, 6.07) is 2.08. The van der Waals surface area contributed by atoms with Crippen molar-refractivity contribution in [2.45, 2.75) is 44.8 Å². The first kappa shape index (κ1) is 22.3. The first-order valence-electron chi connectivity index (χ1n) is 11.9. The molecule has 1 saturated carbocycles. The average molecular weight is 495 g/mol. The maximum Gasteiger partial charge on any atom is 0.229 e. The second-order valence-electron chi connectivity index (χ2n) is 9.16. The Morgan fingerprint density at radius 2 is 2.09 bits per heavy atom. The summed E-state index contributed by atoms with van der Waals surface area (Å²) in [5.74, 6) is 0.611. The highest BCUT2D eigenvalue weighted by atomic mass is 32.1. The molecule has 0 unspecified atom stereocenters. The lowest BCUT2D eigenvalue weighted by molar-refractivity contribution is 0.0988. The number of aromatic nitrogens is 5. The summed E-state index contributed by atoms with van der Waals surface area (Å²) in [4.78, 5) is 29.5. The molecular formula is C24H26N6O4S. The van der Waals surface area contributed by atoms with Gasteiger partial charge in [-0.1, -0.05) is 11.3 Å². The van der Waals surface area contributed by atoms with Crippen molar-refractivity contribution in [2.24, 2.45) is 0 Å². The van der Waals surface area contributed by atoms with Crippen LogP contribution in [0.1, 0.15) is 47.4 Å². The van der Waals surface area contributed by atoms with E-state index in [-0.39, 0.29) is 17.9 Å². The van der Waals surface area contributed by atoms with Crippen LogP contribution in [0.15, 0.2) is 29.1 Å². The van der Waals surface area contributed by atoms with Gasteiger partial charge in [0.25, 0.3) is 0 Å². The summed E-state index contributed by atoms with van der Waals surface area (Å²) < 4.78 is 13.6. The minimum atomic E-state index is -0.514. The monoisotopic (exact) mass is 494 g/mol. The summed E-state index contributed by atoms with van der Waals surface area (Å²) in [5.41, 5.74) is 3.62. The van der Waals surface area contributed by atoms with Crippen molar-refractivity contribution in [1.82, 2.24) is 24.7 Å². The molecule has 6 rings (SSSR count). The first-order valence-corrected chi connectivity index (χ1v) is 12.7. The van der Waals surface area contributed by atoms with E-state index in [9.17, 15) is 9.90 Å². The lowest BCUT2D eigenvalue weighted by Gasteiger charge is -2.25. The molecule has 0 spiro atoms. The Morgan fingerprint density at radius 3 is 2.86 bits per heavy atom. The molecule has 0 aromatic carbocycles. The lowest BCUT2D eigenvalue weighted by Crippen LogP contribution is -2.36. The van der Waals surface area contributed by atoms with Gasteiger partial charge in [0.1, 0.15) is 12.0 Å². The molecule has 4 aromatic rings. The third kappa shape index (κ3) is 4.71. The first-order chi connectivity index (χ1) is 17.0. The molecule has 0 amide bonds. The Hall–Kier alpha value is -3.15. The van der Waals surface area contributed by atoms with Gasteiger partial charge in [-0.3, -0.25) is 9.48 Å². The summed E-state index contributed by atoms with van der Waals surface area (Å²) in [6.07, 6.45) is 6.63. The quantitative estimate of drug-likeness (QED) is 0.369. The van der Waals surface area contributed by atoms with E-state index >= 15 is 0 Å². The molecule has 1 aliphatic carbocycles. The second kappa shape index (κ2) is 9.14. The fraction of sp³-hybridized carbons (Fsp3) is 0.458. The number of ether oxygens (including phenoxy) is 1. The predicted octanol–water partition coefficient (Wildman–Crippen LogP) is 3.06. The number of oxazole rings is 1. The summed E-state index contributed by atoms with van der Waals surface area (Å²) in [5, 5.41) is 14.7. The number of aliphatic hydroxyl groups excluding tert-OH is 1. The Balaban J connectivity index is 1.24. The second-order valence-corrected chi connectivity index (χ2v) is 10.2. The Kier molecular flexibility index (Phi) is 5.83. The van der Waals surface area contributed by atoms with Gasteiger partial charge in [-0.15, -0.1) is 0 Å². The van der Waals surface area contributed by atoms with Crippen LogP contribution in [0.3, 0.4) is 0 Å². The summed E-state index contributed by atoms with van der Waals surface area (Å²) in [7, 11) is 0. The van der Waals surface area contributed by atoms with Gasteiger partial charge in [-0.05, 0) is 31.4 Å². The lowest BCUT2D eigenvalue weighted by atomic mass is 10.0. The molecule has 2 aliphatic rings. The molecule has 0 bridgehead atoms. The molecular weight excluding hydrogens is 468 g/mol. The third-order valence-corrected chi connectivity index (χ3v) is 7.25. The predicted molar refractivity (Wildman–Crippen MR) is 130 cm³/mol. The van der Waals surface area contributed by atoms with Gasteiger partial charge in [0.15, 0.2) is 16.6 Å². The van der Waals surface area contributed by atoms with Gasteiger partial charge in [-0.2, -0.15) is 10.1 Å². The number of carbonyl (C=O) groups excluding carboxylic acids is 1. The molecule has 182 valence electrons. The number of aliphatic hydroxyl groups is 1. The van der Waals surface area contributed by atoms with Crippen LogP contribution in [0.4, 0.5) is 5.13 Å². The van der Waals surface area contributed by atoms with E-state index in [0.29, 0.717) is 37.1 Å². The zero-order valence-electron chi connectivity index (χ0n) is 19.4. The van der Waals surface area contributed by atoms with Crippen LogP contribution in [0.25, 0.3) is 21.8 Å². The number of rotatable bonds is 8. The largest absolute Gasteiger partial charge is 0.444 e. The minimum Gasteiger partial charge on any atom is -0.444 e. The van der Waals surface area contributed by atoms with Crippen molar-refractivity contribution in [2.75, 3.05) is 31.2 Å². The number of anilines is 1. The van der Waals surface area contributed by atoms with Crippen LogP contribution in [-0.4, -0.2) is 68.0 Å². The van der Waals surface area contributed by atoms with Crippen molar-refractivity contribution in [3.8, 4) is 11.5 Å². The van der Waals surface area contributed by atoms with E-state index in [2.05, 4.69) is 21.0 Å². The van der Waals surface area contributed by atoms with Crippen molar-refractivity contribution in [3.05, 3.63) is 41.7 Å².